The van der Waals surface area contributed by atoms with Crippen molar-refractivity contribution in [1.29, 1.82) is 0 Å². The Balaban J connectivity index is 2.15. The molecule has 27 heavy (non-hydrogen) atoms. The molecule has 2 aromatic carbocycles. The number of carboxylic acid groups (broad SMARTS) is 1. The first kappa shape index (κ1) is 20.7. The maximum Gasteiger partial charge on any atom is 0.387 e. The Morgan fingerprint density at radius 2 is 1.93 bits per heavy atom. The van der Waals surface area contributed by atoms with Crippen molar-refractivity contribution in [2.45, 2.75) is 37.1 Å². The summed E-state index contributed by atoms with van der Waals surface area (Å²) in [6, 6.07) is 11.4. The Kier molecular flexibility index (Phi) is 7.18. The number of aliphatic carboxylic acids is 1. The number of rotatable bonds is 8. The molecule has 1 unspecified atom stereocenters. The maximum atomic E-state index is 12.5. The van der Waals surface area contributed by atoms with Gasteiger partial charge in [0.05, 0.1) is 5.56 Å². The molecule has 0 aromatic heterocycles. The molecule has 0 aliphatic rings. The van der Waals surface area contributed by atoms with Gasteiger partial charge in [-0.3, -0.25) is 9.59 Å². The van der Waals surface area contributed by atoms with Gasteiger partial charge in [-0.15, -0.1) is 11.8 Å². The molecule has 144 valence electrons. The van der Waals surface area contributed by atoms with Gasteiger partial charge in [-0.1, -0.05) is 29.8 Å². The molecular weight excluding hydrogens is 376 g/mol. The quantitative estimate of drug-likeness (QED) is 0.659. The van der Waals surface area contributed by atoms with E-state index in [4.69, 9.17) is 5.11 Å². The summed E-state index contributed by atoms with van der Waals surface area (Å²) >= 11 is 1.06. The number of nitrogens with one attached hydrogen (secondary N) is 1. The summed E-state index contributed by atoms with van der Waals surface area (Å²) in [5, 5.41) is 11.0. The first-order chi connectivity index (χ1) is 12.8. The second kappa shape index (κ2) is 9.36. The van der Waals surface area contributed by atoms with Crippen molar-refractivity contribution < 1.29 is 28.2 Å². The largest absolute Gasteiger partial charge is 0.480 e. The molecule has 0 saturated carbocycles. The van der Waals surface area contributed by atoms with Crippen LogP contribution in [0, 0.1) is 6.92 Å². The van der Waals surface area contributed by atoms with Crippen LogP contribution in [0.3, 0.4) is 0 Å². The fraction of sp³-hybridized carbons (Fsp3) is 0.263. The average molecular weight is 395 g/mol. The van der Waals surface area contributed by atoms with E-state index in [9.17, 15) is 18.4 Å². The standard InChI is InChI=1S/C19H19F2NO4S/c1-11-7-8-15(26-19(20)21)13(9-11)10-22-17(23)14-5-3-4-6-16(14)27-12(2)18(24)25/h3-9,12,19H,10H2,1-2H3,(H,22,23)(H,24,25). The summed E-state index contributed by atoms with van der Waals surface area (Å²) in [5.74, 6) is -1.41. The number of hydrogen-bond donors (Lipinski definition) is 2. The Morgan fingerprint density at radius 3 is 2.59 bits per heavy atom. The summed E-state index contributed by atoms with van der Waals surface area (Å²) in [6.45, 7) is 0.367. The lowest BCUT2D eigenvalue weighted by atomic mass is 10.1. The molecule has 0 heterocycles. The second-order valence-electron chi connectivity index (χ2n) is 5.77. The highest BCUT2D eigenvalue weighted by atomic mass is 32.2. The van der Waals surface area contributed by atoms with Crippen LogP contribution in [-0.4, -0.2) is 28.8 Å². The van der Waals surface area contributed by atoms with E-state index in [-0.39, 0.29) is 12.3 Å². The van der Waals surface area contributed by atoms with Gasteiger partial charge in [0.2, 0.25) is 0 Å². The lowest BCUT2D eigenvalue weighted by Gasteiger charge is -2.14. The number of carbonyl (C=O) groups is 2. The molecule has 2 N–H and O–H groups in total. The maximum absolute atomic E-state index is 12.5. The molecule has 1 amide bonds. The molecule has 0 aliphatic heterocycles. The van der Waals surface area contributed by atoms with Gasteiger partial charge in [0.15, 0.2) is 0 Å². The molecule has 0 radical (unpaired) electrons. The third-order valence-corrected chi connectivity index (χ3v) is 4.82. The Morgan fingerprint density at radius 1 is 1.22 bits per heavy atom. The Hall–Kier alpha value is -2.61. The van der Waals surface area contributed by atoms with Gasteiger partial charge in [0, 0.05) is 17.0 Å². The Labute approximate surface area is 159 Å². The van der Waals surface area contributed by atoms with Gasteiger partial charge < -0.3 is 15.2 Å². The highest BCUT2D eigenvalue weighted by molar-refractivity contribution is 8.00. The van der Waals surface area contributed by atoms with E-state index >= 15 is 0 Å². The zero-order valence-electron chi connectivity index (χ0n) is 14.7. The van der Waals surface area contributed by atoms with Crippen LogP contribution in [-0.2, 0) is 11.3 Å². The summed E-state index contributed by atoms with van der Waals surface area (Å²) < 4.78 is 29.6. The average Bonchev–Trinajstić information content (AvgIpc) is 2.61. The van der Waals surface area contributed by atoms with Gasteiger partial charge in [0.1, 0.15) is 11.0 Å². The van der Waals surface area contributed by atoms with Crippen LogP contribution in [0.15, 0.2) is 47.4 Å². The molecule has 2 aromatic rings. The number of halogens is 2. The van der Waals surface area contributed by atoms with Gasteiger partial charge >= 0.3 is 12.6 Å². The van der Waals surface area contributed by atoms with Crippen LogP contribution in [0.5, 0.6) is 5.75 Å². The highest BCUT2D eigenvalue weighted by Gasteiger charge is 2.18. The van der Waals surface area contributed by atoms with E-state index in [1.54, 1.807) is 43.3 Å². The first-order valence-electron chi connectivity index (χ1n) is 8.09. The van der Waals surface area contributed by atoms with Crippen molar-refractivity contribution in [3.63, 3.8) is 0 Å². The normalized spacial score (nSPS) is 11.9. The van der Waals surface area contributed by atoms with Crippen molar-refractivity contribution in [2.75, 3.05) is 0 Å². The molecule has 0 fully saturated rings. The van der Waals surface area contributed by atoms with Gasteiger partial charge in [-0.2, -0.15) is 8.78 Å². The molecular formula is C19H19F2NO4S. The number of hydrogen-bond acceptors (Lipinski definition) is 4. The van der Waals surface area contributed by atoms with Crippen LogP contribution < -0.4 is 10.1 Å². The zero-order valence-corrected chi connectivity index (χ0v) is 15.6. The smallest absolute Gasteiger partial charge is 0.387 e. The van der Waals surface area contributed by atoms with Crippen LogP contribution in [0.25, 0.3) is 0 Å². The third-order valence-electron chi connectivity index (χ3n) is 3.65. The van der Waals surface area contributed by atoms with E-state index in [2.05, 4.69) is 10.1 Å². The minimum absolute atomic E-state index is 0.00180. The van der Waals surface area contributed by atoms with Gasteiger partial charge in [-0.25, -0.2) is 0 Å². The summed E-state index contributed by atoms with van der Waals surface area (Å²) in [5.41, 5.74) is 1.58. The van der Waals surface area contributed by atoms with Gasteiger partial charge in [0.25, 0.3) is 5.91 Å². The van der Waals surface area contributed by atoms with E-state index in [1.165, 1.54) is 13.0 Å². The van der Waals surface area contributed by atoms with Crippen molar-refractivity contribution >= 4 is 23.6 Å². The number of carboxylic acids is 1. The number of benzene rings is 2. The number of ether oxygens (including phenoxy) is 1. The van der Waals surface area contributed by atoms with E-state index in [1.807, 2.05) is 0 Å². The third kappa shape index (κ3) is 5.96. The van der Waals surface area contributed by atoms with Crippen LogP contribution >= 0.6 is 11.8 Å². The molecule has 1 atom stereocenters. The molecule has 2 rings (SSSR count). The topological polar surface area (TPSA) is 75.6 Å². The number of carbonyl (C=O) groups excluding carboxylic acids is 1. The SMILES string of the molecule is Cc1ccc(OC(F)F)c(CNC(=O)c2ccccc2SC(C)C(=O)O)c1. The molecule has 0 bridgehead atoms. The van der Waals surface area contributed by atoms with Crippen LogP contribution in [0.4, 0.5) is 8.78 Å². The lowest BCUT2D eigenvalue weighted by molar-refractivity contribution is -0.136. The van der Waals surface area contributed by atoms with E-state index in [0.717, 1.165) is 17.3 Å². The number of aryl methyl sites for hydroxylation is 1. The fourth-order valence-electron chi connectivity index (χ4n) is 2.33. The summed E-state index contributed by atoms with van der Waals surface area (Å²) in [4.78, 5) is 24.1. The van der Waals surface area contributed by atoms with Gasteiger partial charge in [-0.05, 0) is 32.0 Å². The monoisotopic (exact) mass is 395 g/mol. The van der Waals surface area contributed by atoms with Crippen LogP contribution in [0.1, 0.15) is 28.4 Å². The van der Waals surface area contributed by atoms with Crippen molar-refractivity contribution in [3.05, 3.63) is 59.2 Å². The molecule has 0 aliphatic carbocycles. The number of amides is 1. The Bertz CT molecular complexity index is 829. The summed E-state index contributed by atoms with van der Waals surface area (Å²) in [6.07, 6.45) is 0. The second-order valence-corrected chi connectivity index (χ2v) is 7.15. The number of thioether (sulfide) groups is 1. The molecule has 5 nitrogen and oxygen atoms in total. The predicted octanol–water partition coefficient (Wildman–Crippen LogP) is 4.09. The fourth-order valence-corrected chi connectivity index (χ4v) is 3.25. The molecule has 0 spiro atoms. The predicted molar refractivity (Wildman–Crippen MR) is 98.4 cm³/mol. The minimum Gasteiger partial charge on any atom is -0.480 e. The minimum atomic E-state index is -2.96. The van der Waals surface area contributed by atoms with Crippen LogP contribution in [0.2, 0.25) is 0 Å². The van der Waals surface area contributed by atoms with Crippen molar-refractivity contribution in [1.82, 2.24) is 5.32 Å². The highest BCUT2D eigenvalue weighted by Crippen LogP contribution is 2.27. The van der Waals surface area contributed by atoms with Crippen molar-refractivity contribution in [2.24, 2.45) is 0 Å². The lowest BCUT2D eigenvalue weighted by Crippen LogP contribution is -2.24. The first-order valence-corrected chi connectivity index (χ1v) is 8.97. The number of alkyl halides is 2. The van der Waals surface area contributed by atoms with E-state index < -0.39 is 23.7 Å². The summed E-state index contributed by atoms with van der Waals surface area (Å²) in [7, 11) is 0. The zero-order chi connectivity index (χ0) is 20.0. The van der Waals surface area contributed by atoms with Crippen molar-refractivity contribution in [3.8, 4) is 5.75 Å². The van der Waals surface area contributed by atoms with E-state index in [0.29, 0.717) is 16.0 Å². The molecule has 8 heteroatoms. The molecule has 0 saturated heterocycles.